The van der Waals surface area contributed by atoms with Crippen LogP contribution in [-0.2, 0) is 6.54 Å². The van der Waals surface area contributed by atoms with Gasteiger partial charge in [-0.1, -0.05) is 5.21 Å². The molecule has 0 unspecified atom stereocenters. The number of hydrogen-bond donors (Lipinski definition) is 1. The zero-order valence-corrected chi connectivity index (χ0v) is 11.6. The van der Waals surface area contributed by atoms with E-state index in [2.05, 4.69) is 15.3 Å². The number of nitrogens with two attached hydrogens (primary N) is 1. The van der Waals surface area contributed by atoms with E-state index in [9.17, 15) is 4.39 Å². The Hall–Kier alpha value is -2.12. The highest BCUT2D eigenvalue weighted by Crippen LogP contribution is 2.26. The summed E-state index contributed by atoms with van der Waals surface area (Å²) in [6.07, 6.45) is 0. The molecule has 20 heavy (non-hydrogen) atoms. The van der Waals surface area contributed by atoms with Gasteiger partial charge in [-0.05, 0) is 31.2 Å². The molecule has 3 rings (SSSR count). The van der Waals surface area contributed by atoms with Crippen molar-refractivity contribution in [1.82, 2.24) is 20.0 Å². The van der Waals surface area contributed by atoms with E-state index in [1.54, 1.807) is 16.8 Å². The van der Waals surface area contributed by atoms with Gasteiger partial charge >= 0.3 is 0 Å². The van der Waals surface area contributed by atoms with Gasteiger partial charge in [-0.25, -0.2) is 9.37 Å². The van der Waals surface area contributed by atoms with Gasteiger partial charge in [0.2, 0.25) is 5.13 Å². The minimum absolute atomic E-state index is 0.261. The molecule has 0 radical (unpaired) electrons. The summed E-state index contributed by atoms with van der Waals surface area (Å²) in [5.74, 6) is -0.285. The summed E-state index contributed by atoms with van der Waals surface area (Å²) in [5, 5.41) is 10.8. The summed E-state index contributed by atoms with van der Waals surface area (Å²) in [6, 6.07) is 6.18. The fraction of sp³-hybridized carbons (Fsp3) is 0.154. The second kappa shape index (κ2) is 5.10. The molecule has 102 valence electrons. The Kier molecular flexibility index (Phi) is 3.29. The van der Waals surface area contributed by atoms with Crippen LogP contribution in [0.2, 0.25) is 0 Å². The topological polar surface area (TPSA) is 69.6 Å². The first kappa shape index (κ1) is 12.9. The third kappa shape index (κ3) is 2.21. The zero-order chi connectivity index (χ0) is 14.1. The van der Waals surface area contributed by atoms with Crippen LogP contribution in [0, 0.1) is 12.7 Å². The van der Waals surface area contributed by atoms with Gasteiger partial charge in [-0.15, -0.1) is 16.4 Å². The first-order valence-corrected chi connectivity index (χ1v) is 6.90. The largest absolute Gasteiger partial charge is 0.325 e. The first-order chi connectivity index (χ1) is 9.69. The Morgan fingerprint density at radius 3 is 2.65 bits per heavy atom. The van der Waals surface area contributed by atoms with E-state index in [0.717, 1.165) is 17.0 Å². The van der Waals surface area contributed by atoms with Crippen molar-refractivity contribution in [3.63, 3.8) is 0 Å². The van der Waals surface area contributed by atoms with Crippen molar-refractivity contribution >= 4 is 11.3 Å². The summed E-state index contributed by atoms with van der Waals surface area (Å²) >= 11 is 1.47. The molecule has 2 N–H and O–H groups in total. The summed E-state index contributed by atoms with van der Waals surface area (Å²) in [4.78, 5) is 4.40. The van der Waals surface area contributed by atoms with E-state index in [-0.39, 0.29) is 12.4 Å². The molecule has 1 aromatic carbocycles. The van der Waals surface area contributed by atoms with Crippen LogP contribution in [0.25, 0.3) is 16.4 Å². The van der Waals surface area contributed by atoms with E-state index in [1.165, 1.54) is 23.5 Å². The molecule has 3 aromatic rings. The Labute approximate surface area is 118 Å². The second-order valence-corrected chi connectivity index (χ2v) is 5.12. The first-order valence-electron chi connectivity index (χ1n) is 6.02. The van der Waals surface area contributed by atoms with Crippen LogP contribution < -0.4 is 5.73 Å². The van der Waals surface area contributed by atoms with Crippen molar-refractivity contribution in [2.45, 2.75) is 13.5 Å². The fourth-order valence-electron chi connectivity index (χ4n) is 1.92. The van der Waals surface area contributed by atoms with Gasteiger partial charge in [-0.2, -0.15) is 4.68 Å². The molecule has 2 heterocycles. The minimum atomic E-state index is -0.285. The Bertz CT molecular complexity index is 732. The summed E-state index contributed by atoms with van der Waals surface area (Å²) < 4.78 is 14.7. The van der Waals surface area contributed by atoms with Gasteiger partial charge in [0.1, 0.15) is 17.2 Å². The molecule has 0 aliphatic carbocycles. The van der Waals surface area contributed by atoms with Crippen molar-refractivity contribution in [3.8, 4) is 16.4 Å². The molecule has 0 saturated carbocycles. The number of aryl methyl sites for hydroxylation is 1. The molecule has 5 nitrogen and oxygen atoms in total. The number of nitrogens with zero attached hydrogens (tertiary/aromatic N) is 4. The lowest BCUT2D eigenvalue weighted by Gasteiger charge is -2.05. The average Bonchev–Trinajstić information content (AvgIpc) is 3.05. The van der Waals surface area contributed by atoms with E-state index in [0.29, 0.717) is 10.8 Å². The molecule has 0 aliphatic heterocycles. The van der Waals surface area contributed by atoms with E-state index >= 15 is 0 Å². The quantitative estimate of drug-likeness (QED) is 0.803. The van der Waals surface area contributed by atoms with E-state index < -0.39 is 0 Å². The fourth-order valence-corrected chi connectivity index (χ4v) is 2.67. The molecular formula is C13H12FN5S. The van der Waals surface area contributed by atoms with Gasteiger partial charge in [0, 0.05) is 17.5 Å². The van der Waals surface area contributed by atoms with Gasteiger partial charge in [0.15, 0.2) is 0 Å². The number of aromatic nitrogens is 4. The lowest BCUT2D eigenvalue weighted by molar-refractivity contribution is 0.628. The highest BCUT2D eigenvalue weighted by Gasteiger charge is 2.17. The maximum Gasteiger partial charge on any atom is 0.212 e. The van der Waals surface area contributed by atoms with Crippen LogP contribution in [0.15, 0.2) is 29.6 Å². The highest BCUT2D eigenvalue weighted by atomic mass is 32.1. The third-order valence-corrected chi connectivity index (χ3v) is 3.77. The lowest BCUT2D eigenvalue weighted by Crippen LogP contribution is -2.02. The second-order valence-electron chi connectivity index (χ2n) is 4.28. The van der Waals surface area contributed by atoms with Crippen LogP contribution in [0.5, 0.6) is 0 Å². The maximum atomic E-state index is 13.1. The molecule has 0 fully saturated rings. The Morgan fingerprint density at radius 2 is 2.05 bits per heavy atom. The van der Waals surface area contributed by atoms with Crippen molar-refractivity contribution in [2.24, 2.45) is 5.73 Å². The molecule has 0 spiro atoms. The summed E-state index contributed by atoms with van der Waals surface area (Å²) in [6.45, 7) is 2.18. The monoisotopic (exact) mass is 289 g/mol. The number of halogens is 1. The van der Waals surface area contributed by atoms with E-state index in [1.807, 2.05) is 12.3 Å². The average molecular weight is 289 g/mol. The number of rotatable bonds is 3. The van der Waals surface area contributed by atoms with Crippen LogP contribution in [0.3, 0.4) is 0 Å². The smallest absolute Gasteiger partial charge is 0.212 e. The van der Waals surface area contributed by atoms with E-state index in [4.69, 9.17) is 5.73 Å². The predicted molar refractivity (Wildman–Crippen MR) is 75.1 cm³/mol. The number of thiazole rings is 1. The number of benzene rings is 1. The number of hydrogen-bond acceptors (Lipinski definition) is 5. The standard InChI is InChI=1S/C13H12FN5S/c1-8-7-20-13(16-8)19-12(11(6-15)17-18-19)9-2-4-10(14)5-3-9/h2-5,7H,6,15H2,1H3. The predicted octanol–water partition coefficient (Wildman–Crippen LogP) is 2.30. The van der Waals surface area contributed by atoms with Crippen LogP contribution in [-0.4, -0.2) is 20.0 Å². The molecule has 0 amide bonds. The van der Waals surface area contributed by atoms with Gasteiger partial charge < -0.3 is 5.73 Å². The lowest BCUT2D eigenvalue weighted by atomic mass is 10.1. The van der Waals surface area contributed by atoms with Crippen molar-refractivity contribution in [1.29, 1.82) is 0 Å². The minimum Gasteiger partial charge on any atom is -0.325 e. The molecule has 0 aliphatic rings. The SMILES string of the molecule is Cc1csc(-n2nnc(CN)c2-c2ccc(F)cc2)n1. The maximum absolute atomic E-state index is 13.1. The van der Waals surface area contributed by atoms with Crippen LogP contribution >= 0.6 is 11.3 Å². The van der Waals surface area contributed by atoms with Gasteiger partial charge in [-0.3, -0.25) is 0 Å². The van der Waals surface area contributed by atoms with Gasteiger partial charge in [0.05, 0.1) is 5.69 Å². The Balaban J connectivity index is 2.17. The van der Waals surface area contributed by atoms with Crippen LogP contribution in [0.1, 0.15) is 11.4 Å². The molecule has 0 saturated heterocycles. The normalized spacial score (nSPS) is 10.9. The molecule has 7 heteroatoms. The Morgan fingerprint density at radius 1 is 1.30 bits per heavy atom. The van der Waals surface area contributed by atoms with Crippen molar-refractivity contribution < 1.29 is 4.39 Å². The van der Waals surface area contributed by atoms with Gasteiger partial charge in [0.25, 0.3) is 0 Å². The van der Waals surface area contributed by atoms with Crippen molar-refractivity contribution in [3.05, 3.63) is 46.9 Å². The molecule has 0 bridgehead atoms. The van der Waals surface area contributed by atoms with Crippen molar-refractivity contribution in [2.75, 3.05) is 0 Å². The summed E-state index contributed by atoms with van der Waals surface area (Å²) in [5.41, 5.74) is 8.84. The summed E-state index contributed by atoms with van der Waals surface area (Å²) in [7, 11) is 0. The molecular weight excluding hydrogens is 277 g/mol. The zero-order valence-electron chi connectivity index (χ0n) is 10.7. The molecule has 2 aromatic heterocycles. The third-order valence-electron chi connectivity index (χ3n) is 2.84. The molecule has 0 atom stereocenters. The van der Waals surface area contributed by atoms with Crippen LogP contribution in [0.4, 0.5) is 4.39 Å². The highest BCUT2D eigenvalue weighted by molar-refractivity contribution is 7.12.